The summed E-state index contributed by atoms with van der Waals surface area (Å²) in [5.74, 6) is 0.317. The number of hydrogen-bond donors (Lipinski definition) is 2. The molecule has 6 nitrogen and oxygen atoms in total. The van der Waals surface area contributed by atoms with Crippen LogP contribution in [0.3, 0.4) is 0 Å². The van der Waals surface area contributed by atoms with E-state index in [2.05, 4.69) is 27.2 Å². The summed E-state index contributed by atoms with van der Waals surface area (Å²) < 4.78 is 15.1. The van der Waals surface area contributed by atoms with Crippen molar-refractivity contribution in [3.05, 3.63) is 71.9 Å². The number of carbonyl (C=O) groups excluding carboxylic acids is 1. The van der Waals surface area contributed by atoms with Crippen LogP contribution in [-0.2, 0) is 11.3 Å². The molecule has 2 aromatic heterocycles. The molecule has 1 aromatic carbocycles. The van der Waals surface area contributed by atoms with Crippen LogP contribution in [0, 0.1) is 5.82 Å². The number of rotatable bonds is 8. The van der Waals surface area contributed by atoms with Crippen LogP contribution >= 0.6 is 11.8 Å². The minimum Gasteiger partial charge on any atom is -0.355 e. The molecule has 8 heteroatoms. The van der Waals surface area contributed by atoms with Crippen molar-refractivity contribution in [2.24, 2.45) is 0 Å². The number of thioether (sulfide) groups is 1. The molecule has 0 aliphatic carbocycles. The van der Waals surface area contributed by atoms with Gasteiger partial charge in [0.1, 0.15) is 17.2 Å². The molecule has 0 bridgehead atoms. The normalized spacial score (nSPS) is 11.5. The van der Waals surface area contributed by atoms with Crippen LogP contribution in [0.5, 0.6) is 0 Å². The van der Waals surface area contributed by atoms with Gasteiger partial charge in [-0.2, -0.15) is 0 Å². The van der Waals surface area contributed by atoms with Gasteiger partial charge in [-0.3, -0.25) is 4.79 Å². The molecule has 29 heavy (non-hydrogen) atoms. The minimum absolute atomic E-state index is 0.0623. The maximum Gasteiger partial charge on any atom is 0.216 e. The second-order valence-electron chi connectivity index (χ2n) is 6.29. The predicted molar refractivity (Wildman–Crippen MR) is 117 cm³/mol. The number of halogens is 1. The number of pyridine rings is 1. The van der Waals surface area contributed by atoms with Gasteiger partial charge in [0.2, 0.25) is 5.91 Å². The summed E-state index contributed by atoms with van der Waals surface area (Å²) in [4.78, 5) is 20.7. The van der Waals surface area contributed by atoms with E-state index >= 15 is 0 Å². The number of amides is 1. The van der Waals surface area contributed by atoms with Crippen molar-refractivity contribution < 1.29 is 9.18 Å². The predicted octanol–water partition coefficient (Wildman–Crippen LogP) is 4.38. The summed E-state index contributed by atoms with van der Waals surface area (Å²) in [7, 11) is 0. The van der Waals surface area contributed by atoms with Crippen LogP contribution in [0.25, 0.3) is 15.9 Å². The fraction of sp³-hybridized carbons (Fsp3) is 0.190. The first kappa shape index (κ1) is 20.6. The zero-order valence-electron chi connectivity index (χ0n) is 16.3. The summed E-state index contributed by atoms with van der Waals surface area (Å²) in [5.41, 5.74) is 2.61. The number of benzene rings is 1. The van der Waals surface area contributed by atoms with Gasteiger partial charge in [-0.05, 0) is 24.6 Å². The number of allylic oxidation sites excluding steroid dienone is 1. The van der Waals surface area contributed by atoms with Crippen LogP contribution < -0.4 is 10.6 Å². The van der Waals surface area contributed by atoms with E-state index in [-0.39, 0.29) is 11.7 Å². The molecule has 1 amide bonds. The summed E-state index contributed by atoms with van der Waals surface area (Å²) in [6.07, 6.45) is 5.38. The van der Waals surface area contributed by atoms with E-state index in [1.54, 1.807) is 24.7 Å². The molecule has 0 spiro atoms. The molecule has 0 saturated carbocycles. The van der Waals surface area contributed by atoms with Gasteiger partial charge in [-0.1, -0.05) is 36.5 Å². The molecule has 0 radical (unpaired) electrons. The second-order valence-corrected chi connectivity index (χ2v) is 7.43. The standard InChI is InChI=1S/C21H22FN5OS/c1-4-20(16-5-7-17(22)8-6-16)29-15(3)26-21-11-19-18(12-24-21)25-13-27(19)10-9-23-14(2)28/h4-8,11-13H,3,9-10H2,1-2H3,(H,23,28)(H,24,26)/b20-4-. The largest absolute Gasteiger partial charge is 0.355 e. The number of hydrogen-bond acceptors (Lipinski definition) is 5. The number of imidazole rings is 1. The Bertz CT molecular complexity index is 1060. The molecular formula is C21H22FN5OS. The van der Waals surface area contributed by atoms with Crippen LogP contribution in [0.4, 0.5) is 10.2 Å². The van der Waals surface area contributed by atoms with Crippen molar-refractivity contribution in [2.45, 2.75) is 20.4 Å². The SMILES string of the molecule is C=C(Nc1cc2c(cn1)ncn2CCNC(C)=O)S/C(=C\C)c1ccc(F)cc1. The van der Waals surface area contributed by atoms with Gasteiger partial charge in [0.15, 0.2) is 0 Å². The molecule has 2 heterocycles. The molecule has 0 saturated heterocycles. The second kappa shape index (κ2) is 9.38. The highest BCUT2D eigenvalue weighted by Crippen LogP contribution is 2.33. The van der Waals surface area contributed by atoms with Crippen LogP contribution in [0.1, 0.15) is 19.4 Å². The summed E-state index contributed by atoms with van der Waals surface area (Å²) in [6, 6.07) is 8.25. The van der Waals surface area contributed by atoms with E-state index in [0.29, 0.717) is 23.9 Å². The lowest BCUT2D eigenvalue weighted by atomic mass is 10.2. The zero-order chi connectivity index (χ0) is 20.8. The average Bonchev–Trinajstić information content (AvgIpc) is 3.09. The summed E-state index contributed by atoms with van der Waals surface area (Å²) in [5, 5.41) is 6.67. The zero-order valence-corrected chi connectivity index (χ0v) is 17.1. The van der Waals surface area contributed by atoms with E-state index in [4.69, 9.17) is 0 Å². The maximum atomic E-state index is 13.2. The smallest absolute Gasteiger partial charge is 0.216 e. The highest BCUT2D eigenvalue weighted by Gasteiger charge is 2.08. The Hall–Kier alpha value is -3.13. The number of fused-ring (bicyclic) bond motifs is 1. The highest BCUT2D eigenvalue weighted by molar-refractivity contribution is 8.11. The Morgan fingerprint density at radius 2 is 2.07 bits per heavy atom. The lowest BCUT2D eigenvalue weighted by Gasteiger charge is -2.12. The lowest BCUT2D eigenvalue weighted by Crippen LogP contribution is -2.24. The topological polar surface area (TPSA) is 71.8 Å². The highest BCUT2D eigenvalue weighted by atomic mass is 32.2. The molecule has 0 unspecified atom stereocenters. The van der Waals surface area contributed by atoms with Gasteiger partial charge >= 0.3 is 0 Å². The molecule has 0 aliphatic heterocycles. The van der Waals surface area contributed by atoms with E-state index in [1.165, 1.54) is 30.8 Å². The average molecular weight is 412 g/mol. The molecule has 2 N–H and O–H groups in total. The van der Waals surface area contributed by atoms with Gasteiger partial charge in [0, 0.05) is 31.0 Å². The first-order chi connectivity index (χ1) is 14.0. The van der Waals surface area contributed by atoms with Gasteiger partial charge in [-0.15, -0.1) is 0 Å². The number of aromatic nitrogens is 3. The molecule has 0 aliphatic rings. The number of carbonyl (C=O) groups is 1. The fourth-order valence-corrected chi connectivity index (χ4v) is 3.55. The number of nitrogens with zero attached hydrogens (tertiary/aromatic N) is 3. The first-order valence-corrected chi connectivity index (χ1v) is 9.89. The van der Waals surface area contributed by atoms with Crippen LogP contribution in [0.15, 0.2) is 60.5 Å². The molecular weight excluding hydrogens is 389 g/mol. The first-order valence-electron chi connectivity index (χ1n) is 9.07. The lowest BCUT2D eigenvalue weighted by molar-refractivity contribution is -0.118. The monoisotopic (exact) mass is 411 g/mol. The van der Waals surface area contributed by atoms with Crippen molar-refractivity contribution in [3.8, 4) is 0 Å². The van der Waals surface area contributed by atoms with Crippen LogP contribution in [-0.4, -0.2) is 27.0 Å². The summed E-state index contributed by atoms with van der Waals surface area (Å²) >= 11 is 1.45. The van der Waals surface area contributed by atoms with E-state index in [0.717, 1.165) is 21.5 Å². The molecule has 3 rings (SSSR count). The third kappa shape index (κ3) is 5.45. The van der Waals surface area contributed by atoms with Gasteiger partial charge in [0.05, 0.1) is 23.1 Å². The van der Waals surface area contributed by atoms with Gasteiger partial charge in [0.25, 0.3) is 0 Å². The molecule has 0 fully saturated rings. The van der Waals surface area contributed by atoms with E-state index < -0.39 is 0 Å². The fourth-order valence-electron chi connectivity index (χ4n) is 2.76. The molecule has 0 atom stereocenters. The van der Waals surface area contributed by atoms with E-state index in [1.807, 2.05) is 23.6 Å². The Balaban J connectivity index is 1.69. The van der Waals surface area contributed by atoms with Crippen molar-refractivity contribution >= 4 is 39.4 Å². The molecule has 150 valence electrons. The minimum atomic E-state index is -0.265. The quantitative estimate of drug-likeness (QED) is 0.575. The maximum absolute atomic E-state index is 13.2. The Morgan fingerprint density at radius 1 is 1.31 bits per heavy atom. The van der Waals surface area contributed by atoms with Crippen LogP contribution in [0.2, 0.25) is 0 Å². The van der Waals surface area contributed by atoms with Crippen molar-refractivity contribution in [3.63, 3.8) is 0 Å². The molecule has 3 aromatic rings. The third-order valence-corrected chi connectivity index (χ3v) is 5.17. The van der Waals surface area contributed by atoms with E-state index in [9.17, 15) is 9.18 Å². The van der Waals surface area contributed by atoms with Gasteiger partial charge < -0.3 is 15.2 Å². The van der Waals surface area contributed by atoms with Crippen molar-refractivity contribution in [1.29, 1.82) is 0 Å². The van der Waals surface area contributed by atoms with Crippen molar-refractivity contribution in [1.82, 2.24) is 19.9 Å². The number of nitrogens with one attached hydrogen (secondary N) is 2. The third-order valence-electron chi connectivity index (χ3n) is 4.13. The Morgan fingerprint density at radius 3 is 2.76 bits per heavy atom. The summed E-state index contributed by atoms with van der Waals surface area (Å²) in [6.45, 7) is 8.62. The Kier molecular flexibility index (Phi) is 6.66. The van der Waals surface area contributed by atoms with Gasteiger partial charge in [-0.25, -0.2) is 14.4 Å². The Labute approximate surface area is 172 Å². The number of anilines is 1. The van der Waals surface area contributed by atoms with Crippen molar-refractivity contribution in [2.75, 3.05) is 11.9 Å².